The van der Waals surface area contributed by atoms with Gasteiger partial charge in [0.15, 0.2) is 17.9 Å². The second kappa shape index (κ2) is 16.3. The largest absolute Gasteiger partial charge is 0.376 e. The van der Waals surface area contributed by atoms with Crippen molar-refractivity contribution in [2.45, 2.75) is 117 Å². The van der Waals surface area contributed by atoms with Crippen LogP contribution in [0.2, 0.25) is 0 Å². The topological polar surface area (TPSA) is 73.8 Å². The fourth-order valence-electron chi connectivity index (χ4n) is 7.84. The Morgan fingerprint density at radius 1 is 0.640 bits per heavy atom. The van der Waals surface area contributed by atoms with Crippen LogP contribution in [0.1, 0.15) is 65.2 Å². The van der Waals surface area contributed by atoms with Gasteiger partial charge in [0, 0.05) is 23.7 Å². The van der Waals surface area contributed by atoms with E-state index in [9.17, 15) is 0 Å². The minimum Gasteiger partial charge on any atom is -0.376 e. The Labute approximate surface area is 298 Å². The molecule has 8 heteroatoms. The van der Waals surface area contributed by atoms with Crippen LogP contribution in [-0.2, 0) is 57.7 Å². The lowest BCUT2D eigenvalue weighted by atomic mass is 9.78. The van der Waals surface area contributed by atoms with E-state index in [0.29, 0.717) is 33.0 Å². The van der Waals surface area contributed by atoms with E-state index in [2.05, 4.69) is 57.2 Å². The lowest BCUT2D eigenvalue weighted by Gasteiger charge is -2.41. The van der Waals surface area contributed by atoms with Crippen LogP contribution in [0.25, 0.3) is 0 Å². The average Bonchev–Trinajstić information content (AvgIpc) is 3.74. The Balaban J connectivity index is 1.27. The van der Waals surface area contributed by atoms with E-state index in [1.54, 1.807) is 0 Å². The minimum atomic E-state index is -0.735. The van der Waals surface area contributed by atoms with Crippen LogP contribution in [0.5, 0.6) is 0 Å². The number of fused-ring (bicyclic) bond motifs is 1. The summed E-state index contributed by atoms with van der Waals surface area (Å²) >= 11 is 0. The molecule has 0 aliphatic carbocycles. The molecule has 3 saturated heterocycles. The standard InChI is InChI=1S/C42H56O8/c1-28(35-27-46-41(4,5)48-35)36(44-24-32-19-13-9-14-20-32)29(2)37(45-25-33-21-15-10-16-22-33)30(3)38-34(26-43-23-31-17-11-8-12-18-31)39-40(47-38)50-42(6,7)49-39/h8-22,28-30,34-40H,23-27H2,1-7H3/t28-,29-,30+,34-,35-,36-,37+,38-,39-,40-/m1/s1. The van der Waals surface area contributed by atoms with Gasteiger partial charge in [-0.3, -0.25) is 0 Å². The summed E-state index contributed by atoms with van der Waals surface area (Å²) in [5.41, 5.74) is 3.36. The second-order valence-electron chi connectivity index (χ2n) is 15.2. The van der Waals surface area contributed by atoms with Gasteiger partial charge in [0.05, 0.1) is 57.5 Å². The van der Waals surface area contributed by atoms with Crippen LogP contribution in [0.4, 0.5) is 0 Å². The van der Waals surface area contributed by atoms with E-state index in [-0.39, 0.29) is 54.2 Å². The molecule has 3 aromatic carbocycles. The number of ether oxygens (including phenoxy) is 8. The Morgan fingerprint density at radius 2 is 1.16 bits per heavy atom. The monoisotopic (exact) mass is 688 g/mol. The Bertz CT molecular complexity index is 1450. The zero-order valence-electron chi connectivity index (χ0n) is 30.7. The molecular weight excluding hydrogens is 632 g/mol. The van der Waals surface area contributed by atoms with Crippen LogP contribution in [-0.4, -0.2) is 61.6 Å². The highest BCUT2D eigenvalue weighted by Gasteiger charge is 2.57. The maximum atomic E-state index is 6.98. The van der Waals surface area contributed by atoms with Crippen molar-refractivity contribution in [1.82, 2.24) is 0 Å². The van der Waals surface area contributed by atoms with Gasteiger partial charge in [0.1, 0.15) is 6.10 Å². The van der Waals surface area contributed by atoms with E-state index >= 15 is 0 Å². The van der Waals surface area contributed by atoms with Crippen molar-refractivity contribution in [3.8, 4) is 0 Å². The first-order chi connectivity index (χ1) is 24.0. The van der Waals surface area contributed by atoms with E-state index in [4.69, 9.17) is 37.9 Å². The van der Waals surface area contributed by atoms with Gasteiger partial charge in [-0.15, -0.1) is 0 Å². The van der Waals surface area contributed by atoms with Crippen molar-refractivity contribution in [2.24, 2.45) is 23.7 Å². The lowest BCUT2D eigenvalue weighted by Crippen LogP contribution is -2.48. The summed E-state index contributed by atoms with van der Waals surface area (Å²) in [7, 11) is 0. The zero-order valence-corrected chi connectivity index (χ0v) is 30.7. The highest BCUT2D eigenvalue weighted by atomic mass is 16.8. The molecule has 0 aromatic heterocycles. The molecule has 3 fully saturated rings. The first-order valence-corrected chi connectivity index (χ1v) is 18.3. The highest BCUT2D eigenvalue weighted by Crippen LogP contribution is 2.45. The fraction of sp³-hybridized carbons (Fsp3) is 0.571. The highest BCUT2D eigenvalue weighted by molar-refractivity contribution is 5.15. The van der Waals surface area contributed by atoms with E-state index < -0.39 is 17.9 Å². The molecule has 0 saturated carbocycles. The van der Waals surface area contributed by atoms with Crippen LogP contribution < -0.4 is 0 Å². The Kier molecular flexibility index (Phi) is 12.1. The maximum absolute atomic E-state index is 6.98. The molecule has 3 aliphatic rings. The normalized spacial score (nSPS) is 28.5. The zero-order chi connectivity index (χ0) is 35.3. The van der Waals surface area contributed by atoms with Gasteiger partial charge in [0.2, 0.25) is 0 Å². The number of benzene rings is 3. The Morgan fingerprint density at radius 3 is 1.68 bits per heavy atom. The molecule has 10 atom stereocenters. The third-order valence-corrected chi connectivity index (χ3v) is 10.4. The van der Waals surface area contributed by atoms with E-state index in [0.717, 1.165) is 16.7 Å². The molecule has 0 spiro atoms. The second-order valence-corrected chi connectivity index (χ2v) is 15.2. The summed E-state index contributed by atoms with van der Waals surface area (Å²) < 4.78 is 52.2. The van der Waals surface area contributed by atoms with Gasteiger partial charge >= 0.3 is 0 Å². The third-order valence-electron chi connectivity index (χ3n) is 10.4. The molecular formula is C42H56O8. The van der Waals surface area contributed by atoms with Gasteiger partial charge in [-0.1, -0.05) is 112 Å². The summed E-state index contributed by atoms with van der Waals surface area (Å²) in [5.74, 6) is -1.53. The SMILES string of the molecule is C[C@@H]([C@H](OCc1ccccc1)[C@H](C)[C@H]1O[C@@H]2OC(C)(C)O[C@@H]2[C@@H]1COCc1ccccc1)[C@H](OCc1ccccc1)[C@H](C)[C@H]1COC(C)(C)O1. The van der Waals surface area contributed by atoms with Gasteiger partial charge in [-0.2, -0.15) is 0 Å². The molecule has 272 valence electrons. The van der Waals surface area contributed by atoms with Crippen LogP contribution in [0, 0.1) is 23.7 Å². The molecule has 3 aliphatic heterocycles. The van der Waals surface area contributed by atoms with Crippen LogP contribution in [0.3, 0.4) is 0 Å². The molecule has 0 unspecified atom stereocenters. The fourth-order valence-corrected chi connectivity index (χ4v) is 7.84. The van der Waals surface area contributed by atoms with Gasteiger partial charge < -0.3 is 37.9 Å². The summed E-state index contributed by atoms with van der Waals surface area (Å²) in [6.45, 7) is 16.9. The van der Waals surface area contributed by atoms with E-state index in [1.807, 2.05) is 82.3 Å². The molecule has 0 bridgehead atoms. The summed E-state index contributed by atoms with van der Waals surface area (Å²) in [6, 6.07) is 30.9. The molecule has 0 N–H and O–H groups in total. The number of hydrogen-bond donors (Lipinski definition) is 0. The number of rotatable bonds is 16. The van der Waals surface area contributed by atoms with Crippen molar-refractivity contribution < 1.29 is 37.9 Å². The van der Waals surface area contributed by atoms with Gasteiger partial charge in [0.25, 0.3) is 0 Å². The molecule has 3 heterocycles. The lowest BCUT2D eigenvalue weighted by molar-refractivity contribution is -0.226. The summed E-state index contributed by atoms with van der Waals surface area (Å²) in [4.78, 5) is 0. The molecule has 8 nitrogen and oxygen atoms in total. The van der Waals surface area contributed by atoms with Crippen molar-refractivity contribution in [3.05, 3.63) is 108 Å². The van der Waals surface area contributed by atoms with Gasteiger partial charge in [-0.05, 0) is 44.4 Å². The van der Waals surface area contributed by atoms with Crippen LogP contribution in [0.15, 0.2) is 91.0 Å². The average molecular weight is 689 g/mol. The van der Waals surface area contributed by atoms with Crippen molar-refractivity contribution >= 4 is 0 Å². The summed E-state index contributed by atoms with van der Waals surface area (Å²) in [5, 5.41) is 0. The third kappa shape index (κ3) is 9.22. The predicted octanol–water partition coefficient (Wildman–Crippen LogP) is 7.93. The smallest absolute Gasteiger partial charge is 0.187 e. The first-order valence-electron chi connectivity index (χ1n) is 18.3. The summed E-state index contributed by atoms with van der Waals surface area (Å²) in [6.07, 6.45) is -1.56. The molecule has 0 amide bonds. The quantitative estimate of drug-likeness (QED) is 0.150. The maximum Gasteiger partial charge on any atom is 0.187 e. The minimum absolute atomic E-state index is 0.0202. The van der Waals surface area contributed by atoms with Gasteiger partial charge in [-0.25, -0.2) is 0 Å². The molecule has 50 heavy (non-hydrogen) atoms. The molecule has 3 aromatic rings. The molecule has 6 rings (SSSR count). The van der Waals surface area contributed by atoms with Crippen molar-refractivity contribution in [2.75, 3.05) is 13.2 Å². The van der Waals surface area contributed by atoms with Crippen molar-refractivity contribution in [3.63, 3.8) is 0 Å². The van der Waals surface area contributed by atoms with Crippen LogP contribution >= 0.6 is 0 Å². The predicted molar refractivity (Wildman–Crippen MR) is 191 cm³/mol. The van der Waals surface area contributed by atoms with E-state index in [1.165, 1.54) is 0 Å². The molecule has 0 radical (unpaired) electrons. The first kappa shape index (κ1) is 37.1. The van der Waals surface area contributed by atoms with Crippen molar-refractivity contribution in [1.29, 1.82) is 0 Å². The number of hydrogen-bond acceptors (Lipinski definition) is 8. The Hall–Kier alpha value is -2.66.